The molecule has 0 N–H and O–H groups in total. The number of morpholine rings is 1. The van der Waals surface area contributed by atoms with Gasteiger partial charge in [-0.2, -0.15) is 0 Å². The molecular formula is C21H28N2O5. The molecule has 2 fully saturated rings. The van der Waals surface area contributed by atoms with Gasteiger partial charge in [0.25, 0.3) is 0 Å². The van der Waals surface area contributed by atoms with Crippen LogP contribution in [-0.2, 0) is 20.8 Å². The summed E-state index contributed by atoms with van der Waals surface area (Å²) < 4.78 is 16.8. The van der Waals surface area contributed by atoms with Gasteiger partial charge in [0.2, 0.25) is 0 Å². The van der Waals surface area contributed by atoms with Crippen LogP contribution in [0.25, 0.3) is 0 Å². The number of rotatable bonds is 1. The second kappa shape index (κ2) is 7.04. The summed E-state index contributed by atoms with van der Waals surface area (Å²) in [6.45, 7) is 11.4. The second-order valence-electron chi connectivity index (χ2n) is 8.84. The maximum atomic E-state index is 12.4. The molecule has 1 amide bonds. The average molecular weight is 388 g/mol. The first-order valence-electron chi connectivity index (χ1n) is 9.85. The summed E-state index contributed by atoms with van der Waals surface area (Å²) in [5.41, 5.74) is 3.28. The molecule has 0 spiro atoms. The van der Waals surface area contributed by atoms with E-state index >= 15 is 0 Å². The molecule has 2 saturated heterocycles. The molecule has 0 saturated carbocycles. The fourth-order valence-corrected chi connectivity index (χ4v) is 4.11. The minimum absolute atomic E-state index is 0.0367. The fraction of sp³-hybridized carbons (Fsp3) is 0.619. The molecule has 1 aromatic rings. The molecule has 3 aliphatic heterocycles. The molecule has 3 heterocycles. The number of benzene rings is 1. The van der Waals surface area contributed by atoms with Crippen LogP contribution in [0.15, 0.2) is 12.1 Å². The zero-order chi connectivity index (χ0) is 20.1. The van der Waals surface area contributed by atoms with Crippen molar-refractivity contribution in [3.05, 3.63) is 34.4 Å². The van der Waals surface area contributed by atoms with Crippen molar-refractivity contribution < 1.29 is 23.8 Å². The highest BCUT2D eigenvalue weighted by Gasteiger charge is 2.37. The van der Waals surface area contributed by atoms with E-state index in [1.54, 1.807) is 4.90 Å². The summed E-state index contributed by atoms with van der Waals surface area (Å²) in [6.07, 6.45) is -0.293. The van der Waals surface area contributed by atoms with Crippen molar-refractivity contribution in [1.82, 2.24) is 9.80 Å². The molecular weight excluding hydrogens is 360 g/mol. The van der Waals surface area contributed by atoms with Gasteiger partial charge in [-0.3, -0.25) is 4.90 Å². The van der Waals surface area contributed by atoms with Crippen molar-refractivity contribution in [3.8, 4) is 0 Å². The van der Waals surface area contributed by atoms with E-state index in [2.05, 4.69) is 11.0 Å². The number of esters is 1. The van der Waals surface area contributed by atoms with Crippen molar-refractivity contribution in [2.75, 3.05) is 32.8 Å². The molecule has 1 aromatic carbocycles. The minimum atomic E-state index is -0.488. The first-order valence-corrected chi connectivity index (χ1v) is 9.85. The van der Waals surface area contributed by atoms with Gasteiger partial charge >= 0.3 is 12.1 Å². The van der Waals surface area contributed by atoms with Crippen LogP contribution in [-0.4, -0.2) is 66.3 Å². The standard InChI is InChI=1S/C21H28N2O5/c1-13-7-17-14(11-27-19(17)24)8-16(13)18-10-22-5-6-23(9-15(22)12-26-18)20(25)28-21(2,3)4/h7-8,15,18H,5-6,9-12H2,1-4H3/t15-,18+/m0/s1. The number of amides is 1. The molecule has 0 unspecified atom stereocenters. The third-order valence-electron chi connectivity index (χ3n) is 5.56. The Bertz CT molecular complexity index is 801. The van der Waals surface area contributed by atoms with Crippen molar-refractivity contribution in [3.63, 3.8) is 0 Å². The van der Waals surface area contributed by atoms with E-state index in [4.69, 9.17) is 14.2 Å². The smallest absolute Gasteiger partial charge is 0.410 e. The molecule has 4 rings (SSSR count). The Hall–Kier alpha value is -2.12. The van der Waals surface area contributed by atoms with Gasteiger partial charge in [-0.1, -0.05) is 0 Å². The van der Waals surface area contributed by atoms with Gasteiger partial charge in [-0.15, -0.1) is 0 Å². The van der Waals surface area contributed by atoms with Crippen LogP contribution >= 0.6 is 0 Å². The largest absolute Gasteiger partial charge is 0.457 e. The number of hydrogen-bond donors (Lipinski definition) is 0. The minimum Gasteiger partial charge on any atom is -0.457 e. The number of aryl methyl sites for hydroxylation is 1. The highest BCUT2D eigenvalue weighted by Crippen LogP contribution is 2.32. The number of nitrogens with zero attached hydrogens (tertiary/aromatic N) is 2. The van der Waals surface area contributed by atoms with Gasteiger partial charge in [0.15, 0.2) is 0 Å². The third-order valence-corrected chi connectivity index (χ3v) is 5.56. The molecule has 7 nitrogen and oxygen atoms in total. The number of fused-ring (bicyclic) bond motifs is 2. The van der Waals surface area contributed by atoms with Gasteiger partial charge in [0.05, 0.1) is 24.3 Å². The van der Waals surface area contributed by atoms with Crippen LogP contribution < -0.4 is 0 Å². The fourth-order valence-electron chi connectivity index (χ4n) is 4.11. The number of carbonyl (C=O) groups excluding carboxylic acids is 2. The van der Waals surface area contributed by atoms with E-state index < -0.39 is 5.60 Å². The molecule has 0 radical (unpaired) electrons. The lowest BCUT2D eigenvalue weighted by Crippen LogP contribution is -2.60. The monoisotopic (exact) mass is 388 g/mol. The van der Waals surface area contributed by atoms with Crippen LogP contribution in [0.1, 0.15) is 53.9 Å². The SMILES string of the molecule is Cc1cc2c(cc1[C@H]1CN3CCN(C(=O)OC(C)(C)C)C[C@H]3CO1)COC2=O. The van der Waals surface area contributed by atoms with Gasteiger partial charge in [0.1, 0.15) is 12.2 Å². The summed E-state index contributed by atoms with van der Waals surface area (Å²) in [4.78, 5) is 28.3. The van der Waals surface area contributed by atoms with Gasteiger partial charge in [-0.25, -0.2) is 9.59 Å². The van der Waals surface area contributed by atoms with Gasteiger partial charge < -0.3 is 19.1 Å². The van der Waals surface area contributed by atoms with Crippen LogP contribution in [0.3, 0.4) is 0 Å². The van der Waals surface area contributed by atoms with Crippen LogP contribution in [0, 0.1) is 6.92 Å². The highest BCUT2D eigenvalue weighted by molar-refractivity contribution is 5.93. The molecule has 0 bridgehead atoms. The van der Waals surface area contributed by atoms with Gasteiger partial charge in [-0.05, 0) is 51.0 Å². The lowest BCUT2D eigenvalue weighted by Gasteiger charge is -2.46. The lowest BCUT2D eigenvalue weighted by molar-refractivity contribution is -0.0908. The van der Waals surface area contributed by atoms with Crippen LogP contribution in [0.2, 0.25) is 0 Å². The number of piperazine rings is 1. The Morgan fingerprint density at radius 3 is 2.75 bits per heavy atom. The molecule has 28 heavy (non-hydrogen) atoms. The van der Waals surface area contributed by atoms with E-state index in [1.807, 2.05) is 33.8 Å². The van der Waals surface area contributed by atoms with E-state index in [0.29, 0.717) is 31.9 Å². The van der Waals surface area contributed by atoms with E-state index in [9.17, 15) is 9.59 Å². The second-order valence-corrected chi connectivity index (χ2v) is 8.84. The number of hydrogen-bond acceptors (Lipinski definition) is 6. The summed E-state index contributed by atoms with van der Waals surface area (Å²) in [7, 11) is 0. The Kier molecular flexibility index (Phi) is 4.83. The Balaban J connectivity index is 1.42. The van der Waals surface area contributed by atoms with E-state index in [1.165, 1.54) is 0 Å². The molecule has 0 aliphatic carbocycles. The maximum absolute atomic E-state index is 12.4. The maximum Gasteiger partial charge on any atom is 0.410 e. The predicted molar refractivity (Wildman–Crippen MR) is 102 cm³/mol. The van der Waals surface area contributed by atoms with Crippen LogP contribution in [0.5, 0.6) is 0 Å². The average Bonchev–Trinajstić information content (AvgIpc) is 2.99. The molecule has 152 valence electrons. The van der Waals surface area contributed by atoms with E-state index in [0.717, 1.165) is 29.8 Å². The molecule has 3 aliphatic rings. The molecule has 2 atom stereocenters. The van der Waals surface area contributed by atoms with Crippen LogP contribution in [0.4, 0.5) is 4.79 Å². The van der Waals surface area contributed by atoms with Crippen molar-refractivity contribution in [2.45, 2.75) is 52.0 Å². The van der Waals surface area contributed by atoms with Crippen molar-refractivity contribution in [1.29, 1.82) is 0 Å². The predicted octanol–water partition coefficient (Wildman–Crippen LogP) is 2.66. The Labute approximate surface area is 165 Å². The normalized spacial score (nSPS) is 25.1. The Morgan fingerprint density at radius 2 is 2.00 bits per heavy atom. The molecule has 7 heteroatoms. The third kappa shape index (κ3) is 3.73. The highest BCUT2D eigenvalue weighted by atomic mass is 16.6. The summed E-state index contributed by atoms with van der Waals surface area (Å²) in [5.74, 6) is -0.243. The Morgan fingerprint density at radius 1 is 1.21 bits per heavy atom. The first kappa shape index (κ1) is 19.2. The number of ether oxygens (including phenoxy) is 3. The topological polar surface area (TPSA) is 68.3 Å². The van der Waals surface area contributed by atoms with E-state index in [-0.39, 0.29) is 24.2 Å². The van der Waals surface area contributed by atoms with Crippen molar-refractivity contribution in [2.24, 2.45) is 0 Å². The molecule has 0 aromatic heterocycles. The quantitative estimate of drug-likeness (QED) is 0.689. The zero-order valence-corrected chi connectivity index (χ0v) is 17.0. The van der Waals surface area contributed by atoms with Gasteiger partial charge in [0, 0.05) is 31.7 Å². The lowest BCUT2D eigenvalue weighted by atomic mass is 9.95. The summed E-state index contributed by atoms with van der Waals surface area (Å²) in [5, 5.41) is 0. The first-order chi connectivity index (χ1) is 13.2. The summed E-state index contributed by atoms with van der Waals surface area (Å²) in [6, 6.07) is 4.14. The summed E-state index contributed by atoms with van der Waals surface area (Å²) >= 11 is 0. The van der Waals surface area contributed by atoms with Crippen molar-refractivity contribution >= 4 is 12.1 Å². The number of cyclic esters (lactones) is 1. The zero-order valence-electron chi connectivity index (χ0n) is 17.0. The number of carbonyl (C=O) groups is 2.